The highest BCUT2D eigenvalue weighted by Crippen LogP contribution is 2.14. The summed E-state index contributed by atoms with van der Waals surface area (Å²) in [5.74, 6) is 1.02. The average Bonchev–Trinajstić information content (AvgIpc) is 2.67. The zero-order chi connectivity index (χ0) is 12.0. The first-order valence-corrected chi connectivity index (χ1v) is 5.79. The van der Waals surface area contributed by atoms with Gasteiger partial charge >= 0.3 is 0 Å². The third kappa shape index (κ3) is 3.90. The Labute approximate surface area is 95.8 Å². The molecule has 5 nitrogen and oxygen atoms in total. The number of ether oxygens (including phenoxy) is 1. The van der Waals surface area contributed by atoms with Crippen LogP contribution in [0, 0.1) is 0 Å². The predicted molar refractivity (Wildman–Crippen MR) is 59.0 cm³/mol. The molecular weight excluding hydrogens is 208 g/mol. The molecule has 0 spiro atoms. The van der Waals surface area contributed by atoms with Gasteiger partial charge in [-0.05, 0) is 20.3 Å². The van der Waals surface area contributed by atoms with Gasteiger partial charge in [0, 0.05) is 6.61 Å². The molecule has 2 unspecified atom stereocenters. The van der Waals surface area contributed by atoms with Crippen LogP contribution in [0.4, 0.5) is 0 Å². The first kappa shape index (κ1) is 13.1. The van der Waals surface area contributed by atoms with E-state index in [1.165, 1.54) is 0 Å². The predicted octanol–water partition coefficient (Wildman–Crippen LogP) is 1.87. The van der Waals surface area contributed by atoms with Crippen LogP contribution in [0.2, 0.25) is 0 Å². The molecule has 1 heterocycles. The summed E-state index contributed by atoms with van der Waals surface area (Å²) in [6, 6.07) is 0. The van der Waals surface area contributed by atoms with Crippen molar-refractivity contribution in [1.29, 1.82) is 0 Å². The van der Waals surface area contributed by atoms with Gasteiger partial charge in [-0.3, -0.25) is 0 Å². The molecule has 0 saturated heterocycles. The molecule has 1 aromatic heterocycles. The molecule has 16 heavy (non-hydrogen) atoms. The molecule has 0 aliphatic carbocycles. The average molecular weight is 228 g/mol. The van der Waals surface area contributed by atoms with Crippen molar-refractivity contribution in [2.75, 3.05) is 6.61 Å². The van der Waals surface area contributed by atoms with Crippen molar-refractivity contribution in [3.8, 4) is 0 Å². The summed E-state index contributed by atoms with van der Waals surface area (Å²) in [7, 11) is 0. The highest BCUT2D eigenvalue weighted by molar-refractivity contribution is 4.91. The zero-order valence-corrected chi connectivity index (χ0v) is 10.1. The SMILES string of the molecule is CCCC(O)Cc1nc(C(C)OCC)no1. The van der Waals surface area contributed by atoms with E-state index in [0.29, 0.717) is 24.7 Å². The first-order valence-electron chi connectivity index (χ1n) is 5.79. The van der Waals surface area contributed by atoms with Gasteiger partial charge in [-0.25, -0.2) is 0 Å². The Kier molecular flexibility index (Phi) is 5.42. The molecular formula is C11H20N2O3. The highest BCUT2D eigenvalue weighted by atomic mass is 16.5. The maximum atomic E-state index is 9.59. The van der Waals surface area contributed by atoms with Crippen molar-refractivity contribution in [1.82, 2.24) is 10.1 Å². The van der Waals surface area contributed by atoms with Crippen LogP contribution in [0.25, 0.3) is 0 Å². The summed E-state index contributed by atoms with van der Waals surface area (Å²) in [4.78, 5) is 4.19. The Balaban J connectivity index is 2.50. The summed E-state index contributed by atoms with van der Waals surface area (Å²) in [6.45, 7) is 6.44. The molecule has 2 atom stereocenters. The normalized spacial score (nSPS) is 15.0. The van der Waals surface area contributed by atoms with Crippen LogP contribution >= 0.6 is 0 Å². The molecule has 0 aliphatic heterocycles. The molecule has 0 amide bonds. The third-order valence-electron chi connectivity index (χ3n) is 2.30. The monoisotopic (exact) mass is 228 g/mol. The number of aliphatic hydroxyl groups excluding tert-OH is 1. The van der Waals surface area contributed by atoms with E-state index in [1.54, 1.807) is 0 Å². The quantitative estimate of drug-likeness (QED) is 0.771. The molecule has 0 bridgehead atoms. The second-order valence-corrected chi connectivity index (χ2v) is 3.79. The van der Waals surface area contributed by atoms with E-state index in [2.05, 4.69) is 10.1 Å². The molecule has 92 valence electrons. The van der Waals surface area contributed by atoms with E-state index in [4.69, 9.17) is 9.26 Å². The summed E-state index contributed by atoms with van der Waals surface area (Å²) < 4.78 is 10.4. The molecule has 0 saturated carbocycles. The molecule has 0 aliphatic rings. The third-order valence-corrected chi connectivity index (χ3v) is 2.30. The van der Waals surface area contributed by atoms with E-state index in [0.717, 1.165) is 12.8 Å². The Hall–Kier alpha value is -0.940. The Bertz CT molecular complexity index is 301. The lowest BCUT2D eigenvalue weighted by Gasteiger charge is -2.05. The van der Waals surface area contributed by atoms with Crippen LogP contribution in [0.1, 0.15) is 51.4 Å². The standard InChI is InChI=1S/C11H20N2O3/c1-4-6-9(14)7-10-12-11(13-16-10)8(3)15-5-2/h8-9,14H,4-7H2,1-3H3. The lowest BCUT2D eigenvalue weighted by atomic mass is 10.1. The van der Waals surface area contributed by atoms with Gasteiger partial charge in [0.05, 0.1) is 12.5 Å². The van der Waals surface area contributed by atoms with Gasteiger partial charge in [-0.15, -0.1) is 0 Å². The van der Waals surface area contributed by atoms with Gasteiger partial charge in [0.2, 0.25) is 5.89 Å². The minimum absolute atomic E-state index is 0.161. The molecule has 5 heteroatoms. The molecule has 0 fully saturated rings. The number of hydrogen-bond donors (Lipinski definition) is 1. The zero-order valence-electron chi connectivity index (χ0n) is 10.1. The summed E-state index contributed by atoms with van der Waals surface area (Å²) >= 11 is 0. The van der Waals surface area contributed by atoms with Crippen LogP contribution in [-0.4, -0.2) is 28.0 Å². The van der Waals surface area contributed by atoms with Crippen molar-refractivity contribution in [2.45, 2.75) is 52.2 Å². The maximum Gasteiger partial charge on any atom is 0.229 e. The molecule has 0 radical (unpaired) electrons. The van der Waals surface area contributed by atoms with Gasteiger partial charge in [-0.2, -0.15) is 4.98 Å². The van der Waals surface area contributed by atoms with Gasteiger partial charge in [0.25, 0.3) is 0 Å². The van der Waals surface area contributed by atoms with Gasteiger partial charge in [0.1, 0.15) is 6.10 Å². The highest BCUT2D eigenvalue weighted by Gasteiger charge is 2.15. The summed E-state index contributed by atoms with van der Waals surface area (Å²) in [5.41, 5.74) is 0. The van der Waals surface area contributed by atoms with Crippen molar-refractivity contribution >= 4 is 0 Å². The lowest BCUT2D eigenvalue weighted by Crippen LogP contribution is -2.10. The molecule has 0 aromatic carbocycles. The van der Waals surface area contributed by atoms with Crippen LogP contribution in [0.3, 0.4) is 0 Å². The van der Waals surface area contributed by atoms with Crippen molar-refractivity contribution in [2.24, 2.45) is 0 Å². The van der Waals surface area contributed by atoms with E-state index in [9.17, 15) is 5.11 Å². The number of aliphatic hydroxyl groups is 1. The lowest BCUT2D eigenvalue weighted by molar-refractivity contribution is 0.0683. The van der Waals surface area contributed by atoms with Crippen LogP contribution in [-0.2, 0) is 11.2 Å². The Morgan fingerprint density at radius 1 is 1.44 bits per heavy atom. The van der Waals surface area contributed by atoms with E-state index >= 15 is 0 Å². The summed E-state index contributed by atoms with van der Waals surface area (Å²) in [5, 5.41) is 13.4. The molecule has 1 aromatic rings. The van der Waals surface area contributed by atoms with Crippen molar-refractivity contribution < 1.29 is 14.4 Å². The maximum absolute atomic E-state index is 9.59. The topological polar surface area (TPSA) is 68.4 Å². The summed E-state index contributed by atoms with van der Waals surface area (Å²) in [6.07, 6.45) is 1.54. The number of nitrogens with zero attached hydrogens (tertiary/aromatic N) is 2. The fraction of sp³-hybridized carbons (Fsp3) is 0.818. The van der Waals surface area contributed by atoms with Crippen LogP contribution < -0.4 is 0 Å². The first-order chi connectivity index (χ1) is 7.67. The van der Waals surface area contributed by atoms with Crippen molar-refractivity contribution in [3.63, 3.8) is 0 Å². The van der Waals surface area contributed by atoms with Crippen molar-refractivity contribution in [3.05, 3.63) is 11.7 Å². The second-order valence-electron chi connectivity index (χ2n) is 3.79. The minimum atomic E-state index is -0.402. The number of aromatic nitrogens is 2. The van der Waals surface area contributed by atoms with Crippen LogP contribution in [0.5, 0.6) is 0 Å². The Morgan fingerprint density at radius 3 is 2.81 bits per heavy atom. The molecule has 1 rings (SSSR count). The number of hydrogen-bond acceptors (Lipinski definition) is 5. The fourth-order valence-corrected chi connectivity index (χ4v) is 1.48. The minimum Gasteiger partial charge on any atom is -0.393 e. The van der Waals surface area contributed by atoms with Gasteiger partial charge in [0.15, 0.2) is 5.82 Å². The number of rotatable bonds is 7. The largest absolute Gasteiger partial charge is 0.393 e. The van der Waals surface area contributed by atoms with E-state index < -0.39 is 6.10 Å². The van der Waals surface area contributed by atoms with Crippen LogP contribution in [0.15, 0.2) is 4.52 Å². The fourth-order valence-electron chi connectivity index (χ4n) is 1.48. The van der Waals surface area contributed by atoms with E-state index in [-0.39, 0.29) is 6.10 Å². The van der Waals surface area contributed by atoms with Gasteiger partial charge < -0.3 is 14.4 Å². The van der Waals surface area contributed by atoms with E-state index in [1.807, 2.05) is 20.8 Å². The Morgan fingerprint density at radius 2 is 2.19 bits per heavy atom. The smallest absolute Gasteiger partial charge is 0.229 e. The van der Waals surface area contributed by atoms with Gasteiger partial charge in [-0.1, -0.05) is 18.5 Å². The second kappa shape index (κ2) is 6.60. The molecule has 1 N–H and O–H groups in total.